The number of fused-ring (bicyclic) bond motifs is 2. The summed E-state index contributed by atoms with van der Waals surface area (Å²) in [5, 5.41) is 9.15. The highest BCUT2D eigenvalue weighted by Gasteiger charge is 2.43. The van der Waals surface area contributed by atoms with Gasteiger partial charge in [0.05, 0.1) is 17.0 Å². The predicted molar refractivity (Wildman–Crippen MR) is 289 cm³/mol. The molecule has 0 fully saturated rings. The smallest absolute Gasteiger partial charge is 0.321 e. The maximum absolute atomic E-state index is 12.7. The number of carbonyl (C=O) groups excluding carboxylic acids is 2. The van der Waals surface area contributed by atoms with E-state index >= 15 is 0 Å². The zero-order chi connectivity index (χ0) is 50.6. The number of nitrogens with one attached hydrogen (secondary N) is 3. The van der Waals surface area contributed by atoms with Crippen LogP contribution in [0.5, 0.6) is 0 Å². The molecule has 2 aliphatic rings. The number of guanidine groups is 1. The SMILES string of the molecule is Cc1nc(N)sc1CCCN=C(N)NC(=O)NCCCCCCCCCCNC(=O)CCCCC[N+]1=C(C=CC=CC=C2N(CCCCS(=O)(=O)O)c3ccccc3C2(C)C)c2ccccc2C1(C)C. The molecule has 70 heavy (non-hydrogen) atoms. The average molecular weight is 999 g/mol. The van der Waals surface area contributed by atoms with Crippen molar-refractivity contribution < 1.29 is 27.1 Å². The Bertz CT molecular complexity index is 2470. The van der Waals surface area contributed by atoms with E-state index in [-0.39, 0.29) is 34.6 Å². The van der Waals surface area contributed by atoms with Gasteiger partial charge in [-0.25, -0.2) is 14.4 Å². The molecule has 1 aromatic heterocycles. The fourth-order valence-electron chi connectivity index (χ4n) is 9.59. The average Bonchev–Trinajstić information content (AvgIpc) is 3.83. The third-order valence-corrected chi connectivity index (χ3v) is 15.2. The van der Waals surface area contributed by atoms with E-state index in [4.69, 9.17) is 11.5 Å². The number of hydrogen-bond acceptors (Lipinski definition) is 9. The number of aromatic nitrogens is 1. The fourth-order valence-corrected chi connectivity index (χ4v) is 11.0. The highest BCUT2D eigenvalue weighted by Crippen LogP contribution is 2.47. The molecule has 5 rings (SSSR count). The van der Waals surface area contributed by atoms with Crippen molar-refractivity contribution in [2.45, 2.75) is 148 Å². The van der Waals surface area contributed by atoms with Crippen LogP contribution in [0, 0.1) is 6.92 Å². The van der Waals surface area contributed by atoms with Gasteiger partial charge in [0.25, 0.3) is 10.1 Å². The number of benzene rings is 2. The molecule has 382 valence electrons. The van der Waals surface area contributed by atoms with Gasteiger partial charge in [0.1, 0.15) is 6.54 Å². The van der Waals surface area contributed by atoms with Gasteiger partial charge in [0.15, 0.2) is 16.6 Å². The summed E-state index contributed by atoms with van der Waals surface area (Å²) in [5.41, 5.74) is 19.5. The molecule has 14 nitrogen and oxygen atoms in total. The minimum absolute atomic E-state index is 0.121. The molecule has 0 unspecified atom stereocenters. The Morgan fingerprint density at radius 3 is 2.19 bits per heavy atom. The van der Waals surface area contributed by atoms with Crippen molar-refractivity contribution in [2.24, 2.45) is 10.7 Å². The summed E-state index contributed by atoms with van der Waals surface area (Å²) in [6, 6.07) is 16.7. The van der Waals surface area contributed by atoms with Gasteiger partial charge in [-0.3, -0.25) is 19.7 Å². The van der Waals surface area contributed by atoms with Crippen molar-refractivity contribution in [3.63, 3.8) is 0 Å². The van der Waals surface area contributed by atoms with Gasteiger partial charge in [0, 0.05) is 86.2 Å². The zero-order valence-electron chi connectivity index (χ0n) is 42.4. The number of carbonyl (C=O) groups is 2. The highest BCUT2D eigenvalue weighted by atomic mass is 32.2. The first kappa shape index (κ1) is 55.6. The molecule has 0 saturated heterocycles. The van der Waals surface area contributed by atoms with Crippen LogP contribution in [0.1, 0.15) is 151 Å². The number of anilines is 2. The topological polar surface area (TPSA) is 208 Å². The van der Waals surface area contributed by atoms with Crippen LogP contribution in [-0.4, -0.2) is 84.6 Å². The number of rotatable bonds is 29. The number of thiazole rings is 1. The van der Waals surface area contributed by atoms with E-state index in [1.54, 1.807) is 0 Å². The maximum Gasteiger partial charge on any atom is 0.321 e. The largest absolute Gasteiger partial charge is 0.375 e. The molecule has 2 aliphatic heterocycles. The molecule has 3 aromatic rings. The lowest BCUT2D eigenvalue weighted by Crippen LogP contribution is -2.43. The number of nitrogens with two attached hydrogens (primary N) is 2. The highest BCUT2D eigenvalue weighted by molar-refractivity contribution is 7.85. The third-order valence-electron chi connectivity index (χ3n) is 13.4. The van der Waals surface area contributed by atoms with Gasteiger partial charge in [0.2, 0.25) is 11.6 Å². The van der Waals surface area contributed by atoms with Gasteiger partial charge in [-0.2, -0.15) is 8.42 Å². The lowest BCUT2D eigenvalue weighted by Gasteiger charge is -2.27. The lowest BCUT2D eigenvalue weighted by atomic mass is 9.84. The van der Waals surface area contributed by atoms with Crippen LogP contribution in [0.2, 0.25) is 0 Å². The Labute approximate surface area is 422 Å². The van der Waals surface area contributed by atoms with Crippen LogP contribution in [0.4, 0.5) is 15.6 Å². The number of amides is 3. The second kappa shape index (κ2) is 27.3. The molecule has 0 spiro atoms. The molecule has 3 heterocycles. The molecule has 0 saturated carbocycles. The summed E-state index contributed by atoms with van der Waals surface area (Å²) in [6.07, 6.45) is 25.4. The van der Waals surface area contributed by atoms with Gasteiger partial charge in [-0.05, 0) is 82.1 Å². The molecular weight excluding hydrogens is 919 g/mol. The molecule has 8 N–H and O–H groups in total. The lowest BCUT2D eigenvalue weighted by molar-refractivity contribution is -0.604. The Hall–Kier alpha value is -5.32. The first-order chi connectivity index (χ1) is 33.5. The number of urea groups is 1. The number of aryl methyl sites for hydroxylation is 2. The quantitative estimate of drug-likeness (QED) is 0.00976. The second-order valence-electron chi connectivity index (χ2n) is 19.5. The Morgan fingerprint density at radius 2 is 1.49 bits per heavy atom. The first-order valence-corrected chi connectivity index (χ1v) is 27.9. The summed E-state index contributed by atoms with van der Waals surface area (Å²) < 4.78 is 34.4. The molecular formula is C54H80N9O5S2+. The van der Waals surface area contributed by atoms with Crippen molar-refractivity contribution >= 4 is 55.9 Å². The van der Waals surface area contributed by atoms with Crippen LogP contribution >= 0.6 is 11.3 Å². The maximum atomic E-state index is 12.7. The van der Waals surface area contributed by atoms with Gasteiger partial charge in [-0.15, -0.1) is 11.3 Å². The van der Waals surface area contributed by atoms with E-state index < -0.39 is 10.1 Å². The summed E-state index contributed by atoms with van der Waals surface area (Å²) >= 11 is 1.50. The van der Waals surface area contributed by atoms with E-state index in [2.05, 4.69) is 136 Å². The van der Waals surface area contributed by atoms with Crippen molar-refractivity contribution in [1.29, 1.82) is 0 Å². The third kappa shape index (κ3) is 16.9. The number of aliphatic imine (C=N–C) groups is 1. The van der Waals surface area contributed by atoms with Crippen molar-refractivity contribution in [1.82, 2.24) is 20.9 Å². The van der Waals surface area contributed by atoms with Crippen LogP contribution in [0.3, 0.4) is 0 Å². The van der Waals surface area contributed by atoms with Gasteiger partial charge < -0.3 is 27.0 Å². The fraction of sp³-hybridized carbons (Fsp3) is 0.537. The summed E-state index contributed by atoms with van der Waals surface area (Å²) in [4.78, 5) is 36.7. The normalized spacial score (nSPS) is 15.9. The minimum Gasteiger partial charge on any atom is -0.375 e. The van der Waals surface area contributed by atoms with Crippen LogP contribution < -0.4 is 32.3 Å². The standard InChI is InChI=1S/C54H79N9O5S2/c1-41-47(69-51(56)60-41)32-26-37-58-50(55)61-52(65)59-36-22-11-9-7-6-8-10-21-35-57-49(64)34-16-13-23-39-63-45(42-27-17-18-28-43(42)54(63,4)5)30-14-12-15-33-48-53(2,3)44-29-19-20-31-46(44)62(48)38-24-25-40-70(66,67)68/h12,14-15,17-20,27-31,33H,6-11,13,16,21-26,32,34-40H2,1-5H3,(H7-,55,56,57,58,59,60,61,64,65,66,67,68)/p+1. The number of para-hydroxylation sites is 1. The van der Waals surface area contributed by atoms with Crippen molar-refractivity contribution in [3.05, 3.63) is 112 Å². The molecule has 0 atom stereocenters. The second-order valence-corrected chi connectivity index (χ2v) is 22.2. The minimum atomic E-state index is -3.99. The van der Waals surface area contributed by atoms with Gasteiger partial charge in [-0.1, -0.05) is 107 Å². The summed E-state index contributed by atoms with van der Waals surface area (Å²) in [5.74, 6) is 0.0245. The molecule has 0 radical (unpaired) electrons. The number of nitrogen functional groups attached to an aromatic ring is 1. The van der Waals surface area contributed by atoms with Crippen LogP contribution in [0.15, 0.2) is 89.6 Å². The number of unbranched alkanes of at least 4 members (excludes halogenated alkanes) is 10. The van der Waals surface area contributed by atoms with Crippen LogP contribution in [0.25, 0.3) is 0 Å². The first-order valence-electron chi connectivity index (χ1n) is 25.4. The Balaban J connectivity index is 0.947. The zero-order valence-corrected chi connectivity index (χ0v) is 44.0. The Kier molecular flexibility index (Phi) is 21.7. The molecule has 3 amide bonds. The van der Waals surface area contributed by atoms with Crippen molar-refractivity contribution in [3.8, 4) is 0 Å². The predicted octanol–water partition coefficient (Wildman–Crippen LogP) is 9.59. The van der Waals surface area contributed by atoms with E-state index in [0.717, 1.165) is 106 Å². The van der Waals surface area contributed by atoms with E-state index in [9.17, 15) is 22.6 Å². The van der Waals surface area contributed by atoms with Crippen LogP contribution in [-0.2, 0) is 32.3 Å². The number of hydrogen-bond donors (Lipinski definition) is 6. The molecule has 16 heteroatoms. The number of allylic oxidation sites excluding steroid dienone is 6. The number of nitrogens with zero attached hydrogens (tertiary/aromatic N) is 4. The van der Waals surface area contributed by atoms with E-state index in [1.165, 1.54) is 46.6 Å². The monoisotopic (exact) mass is 999 g/mol. The molecule has 0 aliphatic carbocycles. The molecule has 0 bridgehead atoms. The summed E-state index contributed by atoms with van der Waals surface area (Å²) in [7, 11) is -3.99. The molecule has 2 aromatic carbocycles. The van der Waals surface area contributed by atoms with Gasteiger partial charge >= 0.3 is 6.03 Å². The van der Waals surface area contributed by atoms with Crippen molar-refractivity contribution in [2.75, 3.05) is 49.1 Å². The van der Waals surface area contributed by atoms with E-state index in [0.29, 0.717) is 44.0 Å². The van der Waals surface area contributed by atoms with E-state index in [1.807, 2.05) is 13.0 Å². The Morgan fingerprint density at radius 1 is 0.829 bits per heavy atom. The summed E-state index contributed by atoms with van der Waals surface area (Å²) in [6.45, 7) is 14.4.